The van der Waals surface area contributed by atoms with Gasteiger partial charge in [0.05, 0.1) is 6.10 Å². The van der Waals surface area contributed by atoms with Crippen molar-refractivity contribution in [3.63, 3.8) is 0 Å². The van der Waals surface area contributed by atoms with E-state index in [1.165, 1.54) is 6.92 Å². The summed E-state index contributed by atoms with van der Waals surface area (Å²) in [5, 5.41) is 7.42. The lowest BCUT2D eigenvalue weighted by atomic mass is 10.2. The largest absolute Gasteiger partial charge is 0.481 e. The third-order valence-electron chi connectivity index (χ3n) is 1.06. The molecular weight excluding hydrogens is 172 g/mol. The highest BCUT2D eigenvalue weighted by molar-refractivity contribution is 5.66. The zero-order valence-corrected chi connectivity index (χ0v) is 8.66. The van der Waals surface area contributed by atoms with E-state index in [0.717, 1.165) is 19.8 Å². The highest BCUT2D eigenvalue weighted by Crippen LogP contribution is 1.99. The van der Waals surface area contributed by atoms with Crippen molar-refractivity contribution >= 4 is 11.9 Å². The van der Waals surface area contributed by atoms with Crippen LogP contribution in [0.2, 0.25) is 0 Å². The first-order valence-corrected chi connectivity index (χ1v) is 4.26. The number of rotatable bonds is 3. The van der Waals surface area contributed by atoms with Crippen LogP contribution in [-0.4, -0.2) is 23.1 Å². The topological polar surface area (TPSA) is 63.6 Å². The van der Waals surface area contributed by atoms with Gasteiger partial charge in [-0.1, -0.05) is 13.3 Å². The van der Waals surface area contributed by atoms with Gasteiger partial charge in [0.15, 0.2) is 0 Å². The van der Waals surface area contributed by atoms with Crippen molar-refractivity contribution in [2.45, 2.75) is 46.6 Å². The van der Waals surface area contributed by atoms with Crippen molar-refractivity contribution in [2.24, 2.45) is 0 Å². The molecule has 0 fully saturated rings. The predicted molar refractivity (Wildman–Crippen MR) is 49.4 cm³/mol. The Balaban J connectivity index is 0. The van der Waals surface area contributed by atoms with Crippen LogP contribution in [0.25, 0.3) is 0 Å². The highest BCUT2D eigenvalue weighted by Gasteiger charge is 2.01. The molecule has 0 bridgehead atoms. The highest BCUT2D eigenvalue weighted by atomic mass is 16.5. The fraction of sp³-hybridized carbons (Fsp3) is 0.778. The number of carbonyl (C=O) groups is 2. The Morgan fingerprint density at radius 3 is 2.00 bits per heavy atom. The van der Waals surface area contributed by atoms with Gasteiger partial charge in [0, 0.05) is 13.8 Å². The lowest BCUT2D eigenvalue weighted by molar-refractivity contribution is -0.145. The monoisotopic (exact) mass is 190 g/mol. The summed E-state index contributed by atoms with van der Waals surface area (Å²) in [6.07, 6.45) is 2.11. The molecule has 4 heteroatoms. The number of hydrogen-bond donors (Lipinski definition) is 1. The van der Waals surface area contributed by atoms with Crippen LogP contribution in [0.5, 0.6) is 0 Å². The van der Waals surface area contributed by atoms with Crippen LogP contribution in [0.1, 0.15) is 40.5 Å². The van der Waals surface area contributed by atoms with Gasteiger partial charge in [0.2, 0.25) is 0 Å². The molecular formula is C9H18O4. The number of carboxylic acids is 1. The Morgan fingerprint density at radius 1 is 1.38 bits per heavy atom. The lowest BCUT2D eigenvalue weighted by Gasteiger charge is -2.08. The fourth-order valence-corrected chi connectivity index (χ4v) is 0.749. The van der Waals surface area contributed by atoms with Crippen molar-refractivity contribution in [3.05, 3.63) is 0 Å². The fourth-order valence-electron chi connectivity index (χ4n) is 0.749. The number of ether oxygens (including phenoxy) is 1. The van der Waals surface area contributed by atoms with Gasteiger partial charge in [-0.25, -0.2) is 0 Å². The molecule has 0 aliphatic heterocycles. The van der Waals surface area contributed by atoms with Gasteiger partial charge < -0.3 is 9.84 Å². The minimum atomic E-state index is -0.833. The quantitative estimate of drug-likeness (QED) is 0.689. The molecule has 0 rings (SSSR count). The molecule has 0 saturated heterocycles. The number of esters is 1. The SMILES string of the molecule is CC(=O)O.CCCC(C)OC(C)=O. The van der Waals surface area contributed by atoms with Crippen LogP contribution in [0, 0.1) is 0 Å². The van der Waals surface area contributed by atoms with Crippen molar-refractivity contribution < 1.29 is 19.4 Å². The number of hydrogen-bond acceptors (Lipinski definition) is 3. The maximum Gasteiger partial charge on any atom is 0.302 e. The van der Waals surface area contributed by atoms with Gasteiger partial charge in [-0.05, 0) is 13.3 Å². The summed E-state index contributed by atoms with van der Waals surface area (Å²) >= 11 is 0. The van der Waals surface area contributed by atoms with Crippen molar-refractivity contribution in [2.75, 3.05) is 0 Å². The summed E-state index contributed by atoms with van der Waals surface area (Å²) < 4.78 is 4.85. The zero-order chi connectivity index (χ0) is 10.9. The van der Waals surface area contributed by atoms with E-state index in [4.69, 9.17) is 14.6 Å². The second kappa shape index (κ2) is 9.03. The van der Waals surface area contributed by atoms with Crippen LogP contribution in [0.15, 0.2) is 0 Å². The molecule has 0 aromatic rings. The summed E-state index contributed by atoms with van der Waals surface area (Å²) in [7, 11) is 0. The molecule has 0 heterocycles. The Morgan fingerprint density at radius 2 is 1.77 bits per heavy atom. The Kier molecular flexibility index (Phi) is 10.0. The molecule has 0 radical (unpaired) electrons. The van der Waals surface area contributed by atoms with Crippen molar-refractivity contribution in [1.29, 1.82) is 0 Å². The molecule has 13 heavy (non-hydrogen) atoms. The summed E-state index contributed by atoms with van der Waals surface area (Å²) in [5.74, 6) is -1.02. The Bertz CT molecular complexity index is 150. The van der Waals surface area contributed by atoms with Crippen molar-refractivity contribution in [3.8, 4) is 0 Å². The third kappa shape index (κ3) is 24.8. The maximum atomic E-state index is 10.3. The summed E-state index contributed by atoms with van der Waals surface area (Å²) in [6, 6.07) is 0. The van der Waals surface area contributed by atoms with E-state index >= 15 is 0 Å². The molecule has 0 amide bonds. The van der Waals surface area contributed by atoms with Crippen LogP contribution in [0.4, 0.5) is 0 Å². The third-order valence-corrected chi connectivity index (χ3v) is 1.06. The van der Waals surface area contributed by atoms with Gasteiger partial charge in [-0.2, -0.15) is 0 Å². The molecule has 0 spiro atoms. The summed E-state index contributed by atoms with van der Waals surface area (Å²) in [5.41, 5.74) is 0. The first-order chi connectivity index (χ1) is 5.90. The van der Waals surface area contributed by atoms with Gasteiger partial charge in [-0.15, -0.1) is 0 Å². The number of carbonyl (C=O) groups excluding carboxylic acids is 1. The molecule has 0 aliphatic carbocycles. The minimum absolute atomic E-state index is 0.0903. The van der Waals surface area contributed by atoms with Crippen molar-refractivity contribution in [1.82, 2.24) is 0 Å². The smallest absolute Gasteiger partial charge is 0.302 e. The van der Waals surface area contributed by atoms with E-state index < -0.39 is 5.97 Å². The predicted octanol–water partition coefficient (Wildman–Crippen LogP) is 1.83. The van der Waals surface area contributed by atoms with E-state index in [0.29, 0.717) is 0 Å². The molecule has 0 saturated carbocycles. The normalized spacial score (nSPS) is 10.8. The molecule has 1 atom stereocenters. The molecule has 0 aromatic heterocycles. The molecule has 1 unspecified atom stereocenters. The lowest BCUT2D eigenvalue weighted by Crippen LogP contribution is -2.11. The zero-order valence-electron chi connectivity index (χ0n) is 8.66. The molecule has 0 aliphatic rings. The van der Waals surface area contributed by atoms with Gasteiger partial charge in [0.1, 0.15) is 0 Å². The molecule has 1 N–H and O–H groups in total. The average Bonchev–Trinajstić information content (AvgIpc) is 1.83. The standard InChI is InChI=1S/C7H14O2.C2H4O2/c1-4-5-6(2)9-7(3)8;1-2(3)4/h6H,4-5H2,1-3H3;1H3,(H,3,4). The number of carboxylic acid groups (broad SMARTS) is 1. The second-order valence-corrected chi connectivity index (χ2v) is 2.73. The number of aliphatic carboxylic acids is 1. The second-order valence-electron chi connectivity index (χ2n) is 2.73. The molecule has 78 valence electrons. The van der Waals surface area contributed by atoms with Crippen LogP contribution in [0.3, 0.4) is 0 Å². The van der Waals surface area contributed by atoms with Gasteiger partial charge >= 0.3 is 5.97 Å². The van der Waals surface area contributed by atoms with Gasteiger partial charge in [-0.3, -0.25) is 9.59 Å². The average molecular weight is 190 g/mol. The Hall–Kier alpha value is -1.06. The van der Waals surface area contributed by atoms with Crippen LogP contribution < -0.4 is 0 Å². The minimum Gasteiger partial charge on any atom is -0.481 e. The van der Waals surface area contributed by atoms with E-state index in [1.807, 2.05) is 6.92 Å². The van der Waals surface area contributed by atoms with E-state index in [1.54, 1.807) is 0 Å². The summed E-state index contributed by atoms with van der Waals surface area (Å²) in [6.45, 7) is 6.50. The first kappa shape index (κ1) is 14.5. The molecule has 0 aromatic carbocycles. The van der Waals surface area contributed by atoms with E-state index in [-0.39, 0.29) is 12.1 Å². The Labute approximate surface area is 78.9 Å². The van der Waals surface area contributed by atoms with E-state index in [9.17, 15) is 4.79 Å². The van der Waals surface area contributed by atoms with Crippen LogP contribution in [-0.2, 0) is 14.3 Å². The summed E-state index contributed by atoms with van der Waals surface area (Å²) in [4.78, 5) is 19.3. The first-order valence-electron chi connectivity index (χ1n) is 4.26. The van der Waals surface area contributed by atoms with Gasteiger partial charge in [0.25, 0.3) is 5.97 Å². The van der Waals surface area contributed by atoms with Crippen LogP contribution >= 0.6 is 0 Å². The molecule has 4 nitrogen and oxygen atoms in total. The maximum absolute atomic E-state index is 10.3. The van der Waals surface area contributed by atoms with E-state index in [2.05, 4.69) is 6.92 Å².